The lowest BCUT2D eigenvalue weighted by molar-refractivity contribution is 0.0697. The number of rotatable bonds is 2. The van der Waals surface area contributed by atoms with Crippen LogP contribution in [0.25, 0.3) is 5.69 Å². The molecule has 6 heteroatoms. The molecule has 0 saturated carbocycles. The number of imidazole rings is 1. The summed E-state index contributed by atoms with van der Waals surface area (Å²) in [6, 6.07) is 6.42. The van der Waals surface area contributed by atoms with Crippen LogP contribution in [0, 0.1) is 11.3 Å². The maximum absolute atomic E-state index is 11.1. The molecule has 0 bridgehead atoms. The third-order valence-corrected chi connectivity index (χ3v) is 2.28. The number of nitrogens with zero attached hydrogens (tertiary/aromatic N) is 3. The quantitative estimate of drug-likeness (QED) is 0.746. The van der Waals surface area contributed by atoms with Crippen molar-refractivity contribution in [1.29, 1.82) is 5.26 Å². The molecule has 17 heavy (non-hydrogen) atoms. The molecule has 0 spiro atoms. The number of para-hydroxylation sites is 1. The second-order valence-corrected chi connectivity index (χ2v) is 3.28. The maximum atomic E-state index is 11.1. The topological polar surface area (TPSA) is 105 Å². The second-order valence-electron chi connectivity index (χ2n) is 3.28. The van der Waals surface area contributed by atoms with Crippen LogP contribution in [-0.4, -0.2) is 20.6 Å². The van der Waals surface area contributed by atoms with Gasteiger partial charge in [0.1, 0.15) is 6.07 Å². The van der Waals surface area contributed by atoms with Crippen LogP contribution < -0.4 is 5.73 Å². The Hall–Kier alpha value is -2.81. The smallest absolute Gasteiger partial charge is 0.337 e. The van der Waals surface area contributed by atoms with Crippen molar-refractivity contribution in [2.24, 2.45) is 0 Å². The summed E-state index contributed by atoms with van der Waals surface area (Å²) >= 11 is 0. The van der Waals surface area contributed by atoms with Crippen LogP contribution in [0.3, 0.4) is 0 Å². The van der Waals surface area contributed by atoms with Crippen LogP contribution in [-0.2, 0) is 0 Å². The molecule has 0 fully saturated rings. The Bertz CT molecular complexity index is 625. The van der Waals surface area contributed by atoms with Crippen molar-refractivity contribution in [3.8, 4) is 11.8 Å². The number of aromatic carboxylic acids is 1. The molecule has 0 radical (unpaired) electrons. The summed E-state index contributed by atoms with van der Waals surface area (Å²) in [5.74, 6) is -1.02. The fraction of sp³-hybridized carbons (Fsp3) is 0. The number of hydrogen-bond donors (Lipinski definition) is 2. The van der Waals surface area contributed by atoms with Crippen molar-refractivity contribution in [3.05, 3.63) is 42.0 Å². The fourth-order valence-corrected chi connectivity index (χ4v) is 1.57. The summed E-state index contributed by atoms with van der Waals surface area (Å²) in [5.41, 5.74) is 6.32. The molecule has 0 aliphatic carbocycles. The molecule has 2 rings (SSSR count). The molecule has 0 atom stereocenters. The van der Waals surface area contributed by atoms with Gasteiger partial charge in [-0.25, -0.2) is 9.78 Å². The summed E-state index contributed by atoms with van der Waals surface area (Å²) in [6.45, 7) is 0. The molecule has 1 aromatic carbocycles. The van der Waals surface area contributed by atoms with Gasteiger partial charge in [0, 0.05) is 12.4 Å². The number of benzene rings is 1. The zero-order valence-corrected chi connectivity index (χ0v) is 8.66. The molecule has 6 nitrogen and oxygen atoms in total. The van der Waals surface area contributed by atoms with E-state index in [0.717, 1.165) is 0 Å². The van der Waals surface area contributed by atoms with Gasteiger partial charge >= 0.3 is 5.97 Å². The Kier molecular flexibility index (Phi) is 2.51. The van der Waals surface area contributed by atoms with Crippen molar-refractivity contribution in [1.82, 2.24) is 9.55 Å². The number of nitrogens with two attached hydrogens (primary N) is 1. The van der Waals surface area contributed by atoms with Gasteiger partial charge in [-0.1, -0.05) is 6.07 Å². The molecular formula is C11H8N4O2. The van der Waals surface area contributed by atoms with Crippen molar-refractivity contribution < 1.29 is 9.90 Å². The van der Waals surface area contributed by atoms with Gasteiger partial charge in [0.15, 0.2) is 0 Å². The molecular weight excluding hydrogens is 220 g/mol. The van der Waals surface area contributed by atoms with Crippen LogP contribution in [0.15, 0.2) is 30.6 Å². The molecule has 0 aliphatic rings. The first kappa shape index (κ1) is 10.7. The lowest BCUT2D eigenvalue weighted by Crippen LogP contribution is -2.09. The average molecular weight is 228 g/mol. The summed E-state index contributed by atoms with van der Waals surface area (Å²) in [5, 5.41) is 17.9. The summed E-state index contributed by atoms with van der Waals surface area (Å²) in [4.78, 5) is 14.9. The van der Waals surface area contributed by atoms with Gasteiger partial charge in [0.2, 0.25) is 5.82 Å². The van der Waals surface area contributed by atoms with E-state index in [2.05, 4.69) is 4.98 Å². The van der Waals surface area contributed by atoms with Crippen molar-refractivity contribution in [2.45, 2.75) is 0 Å². The van der Waals surface area contributed by atoms with Gasteiger partial charge in [-0.15, -0.1) is 0 Å². The zero-order valence-electron chi connectivity index (χ0n) is 8.66. The van der Waals surface area contributed by atoms with Gasteiger partial charge in [-0.05, 0) is 12.1 Å². The number of nitrogen functional groups attached to an aromatic ring is 1. The highest BCUT2D eigenvalue weighted by Gasteiger charge is 2.16. The number of nitriles is 1. The highest BCUT2D eigenvalue weighted by Crippen LogP contribution is 2.23. The Balaban J connectivity index is 2.75. The third kappa shape index (κ3) is 1.70. The number of anilines is 1. The Labute approximate surface area is 96.5 Å². The lowest BCUT2D eigenvalue weighted by Gasteiger charge is -2.10. The average Bonchev–Trinajstić information content (AvgIpc) is 2.76. The van der Waals surface area contributed by atoms with Gasteiger partial charge < -0.3 is 10.8 Å². The first-order valence-electron chi connectivity index (χ1n) is 4.70. The van der Waals surface area contributed by atoms with E-state index < -0.39 is 5.97 Å². The summed E-state index contributed by atoms with van der Waals surface area (Å²) in [6.07, 6.45) is 2.91. The van der Waals surface area contributed by atoms with Crippen molar-refractivity contribution in [2.75, 3.05) is 5.73 Å². The van der Waals surface area contributed by atoms with Gasteiger partial charge in [0.25, 0.3) is 0 Å². The SMILES string of the molecule is N#Cc1nccn1-c1c(N)cccc1C(=O)O. The van der Waals surface area contributed by atoms with Crippen LogP contribution in [0.1, 0.15) is 16.2 Å². The van der Waals surface area contributed by atoms with Crippen molar-refractivity contribution in [3.63, 3.8) is 0 Å². The number of aromatic nitrogens is 2. The zero-order chi connectivity index (χ0) is 12.4. The third-order valence-electron chi connectivity index (χ3n) is 2.28. The molecule has 2 aromatic rings. The number of carbonyl (C=O) groups is 1. The van der Waals surface area contributed by atoms with Crippen LogP contribution in [0.5, 0.6) is 0 Å². The Morgan fingerprint density at radius 3 is 2.94 bits per heavy atom. The van der Waals surface area contributed by atoms with E-state index in [4.69, 9.17) is 16.1 Å². The Morgan fingerprint density at radius 1 is 1.53 bits per heavy atom. The normalized spacial score (nSPS) is 9.82. The molecule has 84 valence electrons. The van der Waals surface area contributed by atoms with Gasteiger partial charge in [-0.3, -0.25) is 4.57 Å². The van der Waals surface area contributed by atoms with Crippen molar-refractivity contribution >= 4 is 11.7 Å². The van der Waals surface area contributed by atoms with E-state index in [1.54, 1.807) is 12.1 Å². The molecule has 1 aromatic heterocycles. The van der Waals surface area contributed by atoms with E-state index in [0.29, 0.717) is 0 Å². The van der Waals surface area contributed by atoms with E-state index in [1.807, 2.05) is 6.07 Å². The second kappa shape index (κ2) is 3.98. The predicted octanol–water partition coefficient (Wildman–Crippen LogP) is 1.02. The maximum Gasteiger partial charge on any atom is 0.337 e. The molecule has 1 heterocycles. The predicted molar refractivity (Wildman–Crippen MR) is 59.7 cm³/mol. The van der Waals surface area contributed by atoms with Gasteiger partial charge in [0.05, 0.1) is 16.9 Å². The minimum Gasteiger partial charge on any atom is -0.478 e. The number of hydrogen-bond acceptors (Lipinski definition) is 4. The first-order chi connectivity index (χ1) is 8.15. The monoisotopic (exact) mass is 228 g/mol. The summed E-state index contributed by atoms with van der Waals surface area (Å²) in [7, 11) is 0. The van der Waals surface area contributed by atoms with Gasteiger partial charge in [-0.2, -0.15) is 5.26 Å². The minimum absolute atomic E-state index is 0.0273. The fourth-order valence-electron chi connectivity index (χ4n) is 1.57. The van der Waals surface area contributed by atoms with E-state index in [-0.39, 0.29) is 22.8 Å². The lowest BCUT2D eigenvalue weighted by atomic mass is 10.1. The number of carboxylic acid groups (broad SMARTS) is 1. The highest BCUT2D eigenvalue weighted by molar-refractivity contribution is 5.94. The number of carboxylic acids is 1. The molecule has 0 unspecified atom stereocenters. The molecule has 0 amide bonds. The molecule has 0 aliphatic heterocycles. The van der Waals surface area contributed by atoms with E-state index in [9.17, 15) is 4.79 Å². The van der Waals surface area contributed by atoms with Crippen LogP contribution >= 0.6 is 0 Å². The Morgan fingerprint density at radius 2 is 2.29 bits per heavy atom. The molecule has 3 N–H and O–H groups in total. The summed E-state index contributed by atoms with van der Waals surface area (Å²) < 4.78 is 1.36. The standard InChI is InChI=1S/C11H8N4O2/c12-6-9-14-4-5-15(9)10-7(11(16)17)2-1-3-8(10)13/h1-5H,13H2,(H,16,17). The van der Waals surface area contributed by atoms with Crippen LogP contribution in [0.2, 0.25) is 0 Å². The van der Waals surface area contributed by atoms with E-state index >= 15 is 0 Å². The first-order valence-corrected chi connectivity index (χ1v) is 4.70. The molecule has 0 saturated heterocycles. The van der Waals surface area contributed by atoms with Crippen LogP contribution in [0.4, 0.5) is 5.69 Å². The highest BCUT2D eigenvalue weighted by atomic mass is 16.4. The van der Waals surface area contributed by atoms with E-state index in [1.165, 1.54) is 23.0 Å². The minimum atomic E-state index is -1.11. The largest absolute Gasteiger partial charge is 0.478 e.